The van der Waals surface area contributed by atoms with Crippen molar-refractivity contribution in [3.8, 4) is 6.07 Å². The molecule has 0 saturated carbocycles. The second-order valence-corrected chi connectivity index (χ2v) is 3.90. The van der Waals surface area contributed by atoms with Gasteiger partial charge in [0.05, 0.1) is 0 Å². The van der Waals surface area contributed by atoms with Crippen LogP contribution in [0.5, 0.6) is 0 Å². The molecule has 0 atom stereocenters. The van der Waals surface area contributed by atoms with E-state index in [2.05, 4.69) is 21.4 Å². The summed E-state index contributed by atoms with van der Waals surface area (Å²) in [6.45, 7) is 4.08. The van der Waals surface area contributed by atoms with E-state index < -0.39 is 0 Å². The van der Waals surface area contributed by atoms with Crippen LogP contribution in [0.1, 0.15) is 16.8 Å². The molecule has 0 aliphatic carbocycles. The molecule has 0 fully saturated rings. The second-order valence-electron chi connectivity index (χ2n) is 3.90. The molecule has 0 spiro atoms. The Morgan fingerprint density at radius 3 is 2.41 bits per heavy atom. The first-order valence-electron chi connectivity index (χ1n) is 5.25. The summed E-state index contributed by atoms with van der Waals surface area (Å²) in [5, 5.41) is 11.9. The lowest BCUT2D eigenvalue weighted by Crippen LogP contribution is -1.96. The minimum Gasteiger partial charge on any atom is -0.340 e. The van der Waals surface area contributed by atoms with Gasteiger partial charge in [-0.2, -0.15) is 5.26 Å². The highest BCUT2D eigenvalue weighted by molar-refractivity contribution is 5.58. The summed E-state index contributed by atoms with van der Waals surface area (Å²) < 4.78 is 0. The van der Waals surface area contributed by atoms with Crippen LogP contribution in [-0.2, 0) is 0 Å². The van der Waals surface area contributed by atoms with Crippen molar-refractivity contribution in [2.75, 3.05) is 5.32 Å². The molecule has 1 aromatic heterocycles. The van der Waals surface area contributed by atoms with E-state index in [0.717, 1.165) is 5.69 Å². The summed E-state index contributed by atoms with van der Waals surface area (Å²) in [6.07, 6.45) is 1.38. The quantitative estimate of drug-likeness (QED) is 0.851. The van der Waals surface area contributed by atoms with Gasteiger partial charge in [-0.1, -0.05) is 6.07 Å². The van der Waals surface area contributed by atoms with Gasteiger partial charge in [0.1, 0.15) is 23.9 Å². The van der Waals surface area contributed by atoms with Crippen LogP contribution in [0.15, 0.2) is 30.6 Å². The standard InChI is InChI=1S/C13H12N4/c1-9-3-10(2)5-11(4-9)17-13-6-12(7-14)15-8-16-13/h3-6,8H,1-2H3,(H,15,16,17). The number of aryl methyl sites for hydroxylation is 2. The van der Waals surface area contributed by atoms with E-state index >= 15 is 0 Å². The minimum atomic E-state index is 0.354. The fraction of sp³-hybridized carbons (Fsp3) is 0.154. The predicted molar refractivity (Wildman–Crippen MR) is 65.9 cm³/mol. The number of nitriles is 1. The summed E-state index contributed by atoms with van der Waals surface area (Å²) in [4.78, 5) is 7.89. The van der Waals surface area contributed by atoms with Crippen LogP contribution in [0.3, 0.4) is 0 Å². The molecule has 0 saturated heterocycles. The van der Waals surface area contributed by atoms with Gasteiger partial charge in [0, 0.05) is 11.8 Å². The zero-order chi connectivity index (χ0) is 12.3. The van der Waals surface area contributed by atoms with Gasteiger partial charge in [-0.15, -0.1) is 0 Å². The Morgan fingerprint density at radius 1 is 1.06 bits per heavy atom. The molecule has 0 unspecified atom stereocenters. The fourth-order valence-electron chi connectivity index (χ4n) is 1.68. The third-order valence-corrected chi connectivity index (χ3v) is 2.28. The number of benzene rings is 1. The largest absolute Gasteiger partial charge is 0.340 e. The van der Waals surface area contributed by atoms with Crippen molar-refractivity contribution in [3.05, 3.63) is 47.4 Å². The molecule has 1 N–H and O–H groups in total. The molecule has 2 aromatic rings. The molecular formula is C13H12N4. The maximum atomic E-state index is 8.75. The Morgan fingerprint density at radius 2 is 1.76 bits per heavy atom. The van der Waals surface area contributed by atoms with Gasteiger partial charge in [-0.05, 0) is 37.1 Å². The first-order chi connectivity index (χ1) is 8.17. The number of anilines is 2. The Labute approximate surface area is 100.0 Å². The minimum absolute atomic E-state index is 0.354. The molecule has 17 heavy (non-hydrogen) atoms. The van der Waals surface area contributed by atoms with Crippen LogP contribution in [0.4, 0.5) is 11.5 Å². The van der Waals surface area contributed by atoms with Gasteiger partial charge in [-0.3, -0.25) is 0 Å². The number of hydrogen-bond donors (Lipinski definition) is 1. The smallest absolute Gasteiger partial charge is 0.145 e. The number of rotatable bonds is 2. The van der Waals surface area contributed by atoms with Crippen LogP contribution >= 0.6 is 0 Å². The van der Waals surface area contributed by atoms with E-state index in [1.54, 1.807) is 6.07 Å². The molecule has 1 aromatic carbocycles. The molecule has 0 aliphatic rings. The van der Waals surface area contributed by atoms with Crippen LogP contribution in [0.25, 0.3) is 0 Å². The normalized spacial score (nSPS) is 9.71. The second kappa shape index (κ2) is 4.62. The first kappa shape index (κ1) is 11.1. The predicted octanol–water partition coefficient (Wildman–Crippen LogP) is 2.71. The van der Waals surface area contributed by atoms with Crippen molar-refractivity contribution in [3.63, 3.8) is 0 Å². The molecule has 0 bridgehead atoms. The lowest BCUT2D eigenvalue weighted by atomic mass is 10.1. The van der Waals surface area contributed by atoms with Gasteiger partial charge in [-0.25, -0.2) is 9.97 Å². The molecule has 4 nitrogen and oxygen atoms in total. The van der Waals surface area contributed by atoms with Crippen LogP contribution in [0, 0.1) is 25.2 Å². The summed E-state index contributed by atoms with van der Waals surface area (Å²) >= 11 is 0. The van der Waals surface area contributed by atoms with Gasteiger partial charge < -0.3 is 5.32 Å². The van der Waals surface area contributed by atoms with Crippen LogP contribution in [0.2, 0.25) is 0 Å². The van der Waals surface area contributed by atoms with Crippen molar-refractivity contribution < 1.29 is 0 Å². The third kappa shape index (κ3) is 2.79. The Balaban J connectivity index is 2.28. The summed E-state index contributed by atoms with van der Waals surface area (Å²) in [5.74, 6) is 0.626. The third-order valence-electron chi connectivity index (χ3n) is 2.28. The highest BCUT2D eigenvalue weighted by atomic mass is 15.0. The maximum Gasteiger partial charge on any atom is 0.145 e. The van der Waals surface area contributed by atoms with E-state index in [1.165, 1.54) is 17.5 Å². The van der Waals surface area contributed by atoms with Crippen molar-refractivity contribution in [1.29, 1.82) is 5.26 Å². The maximum absolute atomic E-state index is 8.75. The topological polar surface area (TPSA) is 61.6 Å². The van der Waals surface area contributed by atoms with Gasteiger partial charge in [0.15, 0.2) is 0 Å². The number of hydrogen-bond acceptors (Lipinski definition) is 4. The molecular weight excluding hydrogens is 212 g/mol. The number of nitrogens with one attached hydrogen (secondary N) is 1. The zero-order valence-electron chi connectivity index (χ0n) is 9.73. The van der Waals surface area contributed by atoms with Gasteiger partial charge in [0.2, 0.25) is 0 Å². The summed E-state index contributed by atoms with van der Waals surface area (Å²) in [5.41, 5.74) is 3.68. The highest BCUT2D eigenvalue weighted by Crippen LogP contribution is 2.18. The van der Waals surface area contributed by atoms with Gasteiger partial charge >= 0.3 is 0 Å². The molecule has 0 radical (unpaired) electrons. The van der Waals surface area contributed by atoms with Crippen LogP contribution < -0.4 is 5.32 Å². The van der Waals surface area contributed by atoms with E-state index in [1.807, 2.05) is 32.0 Å². The Kier molecular flexibility index (Phi) is 3.01. The summed E-state index contributed by atoms with van der Waals surface area (Å²) in [6, 6.07) is 9.77. The highest BCUT2D eigenvalue weighted by Gasteiger charge is 2.00. The van der Waals surface area contributed by atoms with Gasteiger partial charge in [0.25, 0.3) is 0 Å². The van der Waals surface area contributed by atoms with E-state index in [9.17, 15) is 0 Å². The van der Waals surface area contributed by atoms with E-state index in [4.69, 9.17) is 5.26 Å². The summed E-state index contributed by atoms with van der Waals surface area (Å²) in [7, 11) is 0. The molecule has 2 rings (SSSR count). The first-order valence-corrected chi connectivity index (χ1v) is 5.25. The Hall–Kier alpha value is -2.41. The lowest BCUT2D eigenvalue weighted by molar-refractivity contribution is 1.14. The SMILES string of the molecule is Cc1cc(C)cc(Nc2cc(C#N)ncn2)c1. The molecule has 4 heteroatoms. The Bertz CT molecular complexity index is 564. The van der Waals surface area contributed by atoms with Crippen molar-refractivity contribution in [2.24, 2.45) is 0 Å². The molecule has 84 valence electrons. The average molecular weight is 224 g/mol. The monoisotopic (exact) mass is 224 g/mol. The van der Waals surface area contributed by atoms with E-state index in [-0.39, 0.29) is 0 Å². The van der Waals surface area contributed by atoms with Crippen molar-refractivity contribution in [1.82, 2.24) is 9.97 Å². The molecule has 0 amide bonds. The lowest BCUT2D eigenvalue weighted by Gasteiger charge is -2.07. The van der Waals surface area contributed by atoms with E-state index in [0.29, 0.717) is 11.5 Å². The average Bonchev–Trinajstić information content (AvgIpc) is 2.28. The van der Waals surface area contributed by atoms with Crippen molar-refractivity contribution >= 4 is 11.5 Å². The van der Waals surface area contributed by atoms with Crippen LogP contribution in [-0.4, -0.2) is 9.97 Å². The zero-order valence-corrected chi connectivity index (χ0v) is 9.73. The number of aromatic nitrogens is 2. The fourth-order valence-corrected chi connectivity index (χ4v) is 1.68. The molecule has 0 aliphatic heterocycles. The van der Waals surface area contributed by atoms with Crippen molar-refractivity contribution in [2.45, 2.75) is 13.8 Å². The number of nitrogens with zero attached hydrogens (tertiary/aromatic N) is 3. The molecule has 1 heterocycles.